The van der Waals surface area contributed by atoms with E-state index in [1.165, 1.54) is 4.31 Å². The van der Waals surface area contributed by atoms with Gasteiger partial charge in [-0.2, -0.15) is 0 Å². The zero-order valence-electron chi connectivity index (χ0n) is 10.8. The van der Waals surface area contributed by atoms with E-state index >= 15 is 0 Å². The van der Waals surface area contributed by atoms with Gasteiger partial charge in [0.2, 0.25) is 0 Å². The fourth-order valence-electron chi connectivity index (χ4n) is 1.98. The maximum Gasteiger partial charge on any atom is 0.264 e. The Labute approximate surface area is 108 Å². The molecule has 5 heteroatoms. The predicted octanol–water partition coefficient (Wildman–Crippen LogP) is 1.92. The van der Waals surface area contributed by atoms with Crippen LogP contribution in [0.25, 0.3) is 0 Å². The number of hydrogen-bond donors (Lipinski definition) is 0. The standard InChI is InChI=1S/C13H17NO3S/c1-10-4-6-13(7-5-10)18(15,16)14-9-12(17-3)8-11(14)2/h4-8,12H,9H2,1-3H3. The molecule has 2 rings (SSSR count). The topological polar surface area (TPSA) is 46.6 Å². The Balaban J connectivity index is 2.33. The third-order valence-electron chi connectivity index (χ3n) is 3.08. The van der Waals surface area contributed by atoms with E-state index in [4.69, 9.17) is 4.74 Å². The minimum absolute atomic E-state index is 0.162. The minimum Gasteiger partial charge on any atom is -0.375 e. The molecule has 1 heterocycles. The molecule has 0 radical (unpaired) electrons. The van der Waals surface area contributed by atoms with E-state index in [-0.39, 0.29) is 6.10 Å². The molecule has 1 atom stereocenters. The Morgan fingerprint density at radius 2 is 1.83 bits per heavy atom. The van der Waals surface area contributed by atoms with Crippen LogP contribution >= 0.6 is 0 Å². The molecule has 4 nitrogen and oxygen atoms in total. The highest BCUT2D eigenvalue weighted by molar-refractivity contribution is 7.89. The fourth-order valence-corrected chi connectivity index (χ4v) is 3.50. The first-order valence-electron chi connectivity index (χ1n) is 5.76. The third-order valence-corrected chi connectivity index (χ3v) is 4.96. The largest absolute Gasteiger partial charge is 0.375 e. The lowest BCUT2D eigenvalue weighted by atomic mass is 10.2. The van der Waals surface area contributed by atoms with Gasteiger partial charge in [-0.1, -0.05) is 17.7 Å². The molecule has 1 unspecified atom stereocenters. The van der Waals surface area contributed by atoms with E-state index in [1.807, 2.05) is 13.0 Å². The number of hydrogen-bond acceptors (Lipinski definition) is 3. The average Bonchev–Trinajstić information content (AvgIpc) is 2.72. The number of benzene rings is 1. The van der Waals surface area contributed by atoms with Crippen LogP contribution in [0.2, 0.25) is 0 Å². The number of aryl methyl sites for hydroxylation is 1. The van der Waals surface area contributed by atoms with Crippen LogP contribution < -0.4 is 0 Å². The summed E-state index contributed by atoms with van der Waals surface area (Å²) < 4.78 is 31.5. The molecule has 0 saturated carbocycles. The van der Waals surface area contributed by atoms with Crippen LogP contribution in [-0.2, 0) is 14.8 Å². The van der Waals surface area contributed by atoms with Crippen molar-refractivity contribution in [3.8, 4) is 0 Å². The summed E-state index contributed by atoms with van der Waals surface area (Å²) in [5.41, 5.74) is 1.75. The van der Waals surface area contributed by atoms with Crippen LogP contribution in [0.15, 0.2) is 40.9 Å². The van der Waals surface area contributed by atoms with Crippen molar-refractivity contribution in [2.24, 2.45) is 0 Å². The SMILES string of the molecule is COC1C=C(C)N(S(=O)(=O)c2ccc(C)cc2)C1. The minimum atomic E-state index is -3.46. The van der Waals surface area contributed by atoms with Crippen LogP contribution in [0.5, 0.6) is 0 Å². The molecular weight excluding hydrogens is 250 g/mol. The second kappa shape index (κ2) is 4.74. The summed E-state index contributed by atoms with van der Waals surface area (Å²) in [7, 11) is -1.88. The Morgan fingerprint density at radius 3 is 2.33 bits per heavy atom. The molecule has 0 amide bonds. The summed E-state index contributed by atoms with van der Waals surface area (Å²) in [6, 6.07) is 6.88. The summed E-state index contributed by atoms with van der Waals surface area (Å²) in [6.45, 7) is 4.06. The molecule has 1 aliphatic heterocycles. The first-order valence-corrected chi connectivity index (χ1v) is 7.20. The van der Waals surface area contributed by atoms with Gasteiger partial charge in [0, 0.05) is 12.8 Å². The molecule has 0 aromatic heterocycles. The van der Waals surface area contributed by atoms with Gasteiger partial charge in [-0.05, 0) is 32.1 Å². The first kappa shape index (κ1) is 13.1. The van der Waals surface area contributed by atoms with Gasteiger partial charge in [-0.15, -0.1) is 0 Å². The summed E-state index contributed by atoms with van der Waals surface area (Å²) >= 11 is 0. The third kappa shape index (κ3) is 2.28. The normalized spacial score (nSPS) is 20.1. The number of sulfonamides is 1. The highest BCUT2D eigenvalue weighted by Gasteiger charge is 2.31. The lowest BCUT2D eigenvalue weighted by molar-refractivity contribution is 0.139. The lowest BCUT2D eigenvalue weighted by Gasteiger charge is -2.21. The number of allylic oxidation sites excluding steroid dienone is 1. The lowest BCUT2D eigenvalue weighted by Crippen LogP contribution is -2.30. The maximum atomic E-state index is 12.4. The van der Waals surface area contributed by atoms with Gasteiger partial charge >= 0.3 is 0 Å². The van der Waals surface area contributed by atoms with E-state index < -0.39 is 10.0 Å². The average molecular weight is 267 g/mol. The summed E-state index contributed by atoms with van der Waals surface area (Å²) in [5, 5.41) is 0. The molecule has 1 aromatic rings. The van der Waals surface area contributed by atoms with Crippen LogP contribution in [-0.4, -0.2) is 32.5 Å². The molecule has 98 valence electrons. The highest BCUT2D eigenvalue weighted by atomic mass is 32.2. The van der Waals surface area contributed by atoms with Crippen molar-refractivity contribution in [1.29, 1.82) is 0 Å². The van der Waals surface area contributed by atoms with Crippen LogP contribution in [0, 0.1) is 6.92 Å². The van der Waals surface area contributed by atoms with Crippen molar-refractivity contribution in [2.75, 3.05) is 13.7 Å². The summed E-state index contributed by atoms with van der Waals surface area (Å²) in [6.07, 6.45) is 1.66. The molecule has 0 N–H and O–H groups in total. The molecule has 0 spiro atoms. The van der Waals surface area contributed by atoms with Gasteiger partial charge < -0.3 is 4.74 Å². The van der Waals surface area contributed by atoms with Gasteiger partial charge in [0.15, 0.2) is 0 Å². The Kier molecular flexibility index (Phi) is 3.45. The molecular formula is C13H17NO3S. The Bertz CT molecular complexity index is 560. The van der Waals surface area contributed by atoms with Gasteiger partial charge in [-0.25, -0.2) is 8.42 Å². The van der Waals surface area contributed by atoms with E-state index in [1.54, 1.807) is 38.3 Å². The molecule has 18 heavy (non-hydrogen) atoms. The molecule has 1 aromatic carbocycles. The summed E-state index contributed by atoms with van der Waals surface area (Å²) in [5.74, 6) is 0. The second-order valence-corrected chi connectivity index (χ2v) is 6.29. The molecule has 0 saturated heterocycles. The first-order chi connectivity index (χ1) is 8.45. The van der Waals surface area contributed by atoms with Crippen LogP contribution in [0.1, 0.15) is 12.5 Å². The van der Waals surface area contributed by atoms with Gasteiger partial charge in [0.1, 0.15) is 0 Å². The smallest absolute Gasteiger partial charge is 0.264 e. The van der Waals surface area contributed by atoms with Crippen molar-refractivity contribution in [3.63, 3.8) is 0 Å². The quantitative estimate of drug-likeness (QED) is 0.840. The van der Waals surface area contributed by atoms with Crippen molar-refractivity contribution < 1.29 is 13.2 Å². The molecule has 0 aliphatic carbocycles. The molecule has 1 aliphatic rings. The van der Waals surface area contributed by atoms with Crippen molar-refractivity contribution >= 4 is 10.0 Å². The number of methoxy groups -OCH3 is 1. The zero-order chi connectivity index (χ0) is 13.3. The second-order valence-electron chi connectivity index (χ2n) is 4.43. The van der Waals surface area contributed by atoms with Crippen LogP contribution in [0.3, 0.4) is 0 Å². The van der Waals surface area contributed by atoms with Gasteiger partial charge in [-0.3, -0.25) is 4.31 Å². The fraction of sp³-hybridized carbons (Fsp3) is 0.385. The van der Waals surface area contributed by atoms with E-state index in [0.29, 0.717) is 17.1 Å². The number of nitrogens with zero attached hydrogens (tertiary/aromatic N) is 1. The highest BCUT2D eigenvalue weighted by Crippen LogP contribution is 2.25. The van der Waals surface area contributed by atoms with E-state index in [0.717, 1.165) is 5.56 Å². The monoisotopic (exact) mass is 267 g/mol. The zero-order valence-corrected chi connectivity index (χ0v) is 11.6. The van der Waals surface area contributed by atoms with E-state index in [9.17, 15) is 8.42 Å². The van der Waals surface area contributed by atoms with E-state index in [2.05, 4.69) is 0 Å². The van der Waals surface area contributed by atoms with Crippen molar-refractivity contribution in [3.05, 3.63) is 41.6 Å². The maximum absolute atomic E-state index is 12.4. The van der Waals surface area contributed by atoms with Crippen molar-refractivity contribution in [1.82, 2.24) is 4.31 Å². The summed E-state index contributed by atoms with van der Waals surface area (Å²) in [4.78, 5) is 0.317. The van der Waals surface area contributed by atoms with Gasteiger partial charge in [0.05, 0.1) is 17.5 Å². The Hall–Kier alpha value is -1.33. The van der Waals surface area contributed by atoms with Crippen LogP contribution in [0.4, 0.5) is 0 Å². The molecule has 0 fully saturated rings. The van der Waals surface area contributed by atoms with Gasteiger partial charge in [0.25, 0.3) is 10.0 Å². The van der Waals surface area contributed by atoms with Crippen molar-refractivity contribution in [2.45, 2.75) is 24.8 Å². The number of ether oxygens (including phenoxy) is 1. The number of rotatable bonds is 3. The Morgan fingerprint density at radius 1 is 1.22 bits per heavy atom. The predicted molar refractivity (Wildman–Crippen MR) is 69.6 cm³/mol. The molecule has 0 bridgehead atoms.